The summed E-state index contributed by atoms with van der Waals surface area (Å²) >= 11 is 1.50. The predicted octanol–water partition coefficient (Wildman–Crippen LogP) is 3.30. The SMILES string of the molecule is COc1cccc(-c2cc(CNC(=O)c3cnc4scc(C)n34)no2)c1. The largest absolute Gasteiger partial charge is 0.497 e. The van der Waals surface area contributed by atoms with Crippen LogP contribution in [0, 0.1) is 6.92 Å². The Balaban J connectivity index is 1.47. The Morgan fingerprint density at radius 2 is 2.27 bits per heavy atom. The molecule has 3 heterocycles. The van der Waals surface area contributed by atoms with Crippen molar-refractivity contribution >= 4 is 22.2 Å². The number of aryl methyl sites for hydroxylation is 1. The van der Waals surface area contributed by atoms with Crippen molar-refractivity contribution in [1.82, 2.24) is 19.9 Å². The summed E-state index contributed by atoms with van der Waals surface area (Å²) in [6.07, 6.45) is 1.58. The zero-order chi connectivity index (χ0) is 18.1. The summed E-state index contributed by atoms with van der Waals surface area (Å²) in [7, 11) is 1.61. The number of carbonyl (C=O) groups excluding carboxylic acids is 1. The number of thiazole rings is 1. The second kappa shape index (κ2) is 6.64. The number of hydrogen-bond acceptors (Lipinski definition) is 6. The molecule has 0 aliphatic carbocycles. The molecule has 0 radical (unpaired) electrons. The second-order valence-corrected chi connectivity index (χ2v) is 6.57. The van der Waals surface area contributed by atoms with Crippen molar-refractivity contribution in [2.24, 2.45) is 0 Å². The lowest BCUT2D eigenvalue weighted by Gasteiger charge is -2.02. The highest BCUT2D eigenvalue weighted by atomic mass is 32.1. The van der Waals surface area contributed by atoms with Crippen LogP contribution in [0.2, 0.25) is 0 Å². The lowest BCUT2D eigenvalue weighted by atomic mass is 10.1. The fourth-order valence-corrected chi connectivity index (χ4v) is 3.52. The van der Waals surface area contributed by atoms with Crippen molar-refractivity contribution in [2.75, 3.05) is 7.11 Å². The maximum atomic E-state index is 12.5. The van der Waals surface area contributed by atoms with Gasteiger partial charge < -0.3 is 14.6 Å². The zero-order valence-corrected chi connectivity index (χ0v) is 15.0. The summed E-state index contributed by atoms with van der Waals surface area (Å²) in [4.78, 5) is 17.5. The smallest absolute Gasteiger partial charge is 0.270 e. The molecule has 0 saturated carbocycles. The van der Waals surface area contributed by atoms with E-state index in [1.54, 1.807) is 19.4 Å². The molecule has 0 atom stereocenters. The van der Waals surface area contributed by atoms with Gasteiger partial charge in [-0.05, 0) is 19.1 Å². The Kier molecular flexibility index (Phi) is 4.18. The van der Waals surface area contributed by atoms with Gasteiger partial charge in [0.15, 0.2) is 10.7 Å². The van der Waals surface area contributed by atoms with E-state index in [1.165, 1.54) is 11.3 Å². The topological polar surface area (TPSA) is 81.7 Å². The van der Waals surface area contributed by atoms with Gasteiger partial charge in [0.25, 0.3) is 5.91 Å². The minimum atomic E-state index is -0.204. The molecule has 4 aromatic rings. The average Bonchev–Trinajstić information content (AvgIpc) is 3.38. The van der Waals surface area contributed by atoms with E-state index < -0.39 is 0 Å². The van der Waals surface area contributed by atoms with Gasteiger partial charge in [0.1, 0.15) is 17.1 Å². The maximum absolute atomic E-state index is 12.5. The van der Waals surface area contributed by atoms with Crippen molar-refractivity contribution in [1.29, 1.82) is 0 Å². The molecule has 7 nitrogen and oxygen atoms in total. The standard InChI is InChI=1S/C18H16N4O3S/c1-11-10-26-18-20-9-15(22(11)18)17(23)19-8-13-7-16(25-21-13)12-4-3-5-14(6-12)24-2/h3-7,9-10H,8H2,1-2H3,(H,19,23). The third-order valence-electron chi connectivity index (χ3n) is 3.99. The lowest BCUT2D eigenvalue weighted by molar-refractivity contribution is 0.0944. The molecule has 0 unspecified atom stereocenters. The number of nitrogens with zero attached hydrogens (tertiary/aromatic N) is 3. The first-order chi connectivity index (χ1) is 12.7. The number of imidazole rings is 1. The van der Waals surface area contributed by atoms with E-state index in [1.807, 2.05) is 41.0 Å². The van der Waals surface area contributed by atoms with Crippen LogP contribution in [0.15, 0.2) is 46.4 Å². The van der Waals surface area contributed by atoms with Gasteiger partial charge in [0.2, 0.25) is 0 Å². The molecule has 0 spiro atoms. The summed E-state index contributed by atoms with van der Waals surface area (Å²) in [5.41, 5.74) is 2.99. The van der Waals surface area contributed by atoms with Crippen molar-refractivity contribution in [2.45, 2.75) is 13.5 Å². The van der Waals surface area contributed by atoms with E-state index in [9.17, 15) is 4.79 Å². The normalized spacial score (nSPS) is 11.0. The molecular weight excluding hydrogens is 352 g/mol. The minimum absolute atomic E-state index is 0.204. The Morgan fingerprint density at radius 1 is 1.38 bits per heavy atom. The number of nitrogens with one attached hydrogen (secondary N) is 1. The molecule has 0 bridgehead atoms. The molecule has 0 saturated heterocycles. The van der Waals surface area contributed by atoms with Crippen molar-refractivity contribution in [3.63, 3.8) is 0 Å². The number of rotatable bonds is 5. The molecule has 8 heteroatoms. The Hall–Kier alpha value is -3.13. The van der Waals surface area contributed by atoms with E-state index in [2.05, 4.69) is 15.5 Å². The molecule has 1 aromatic carbocycles. The van der Waals surface area contributed by atoms with E-state index in [0.717, 1.165) is 22.0 Å². The van der Waals surface area contributed by atoms with Crippen LogP contribution >= 0.6 is 11.3 Å². The van der Waals surface area contributed by atoms with Gasteiger partial charge in [-0.1, -0.05) is 17.3 Å². The van der Waals surface area contributed by atoms with Crippen LogP contribution in [-0.4, -0.2) is 27.6 Å². The maximum Gasteiger partial charge on any atom is 0.270 e. The minimum Gasteiger partial charge on any atom is -0.497 e. The van der Waals surface area contributed by atoms with E-state index >= 15 is 0 Å². The third-order valence-corrected chi connectivity index (χ3v) is 4.95. The first-order valence-corrected chi connectivity index (χ1v) is 8.83. The summed E-state index contributed by atoms with van der Waals surface area (Å²) < 4.78 is 12.4. The van der Waals surface area contributed by atoms with Gasteiger partial charge in [-0.25, -0.2) is 4.98 Å². The van der Waals surface area contributed by atoms with E-state index in [4.69, 9.17) is 9.26 Å². The highest BCUT2D eigenvalue weighted by Crippen LogP contribution is 2.24. The number of aromatic nitrogens is 3. The van der Waals surface area contributed by atoms with Crippen molar-refractivity contribution in [3.8, 4) is 17.1 Å². The number of fused-ring (bicyclic) bond motifs is 1. The molecule has 4 rings (SSSR count). The zero-order valence-electron chi connectivity index (χ0n) is 14.2. The van der Waals surface area contributed by atoms with Crippen LogP contribution in [-0.2, 0) is 6.54 Å². The Labute approximate surface area is 153 Å². The van der Waals surface area contributed by atoms with E-state index in [-0.39, 0.29) is 12.5 Å². The first-order valence-electron chi connectivity index (χ1n) is 7.95. The molecular formula is C18H16N4O3S. The van der Waals surface area contributed by atoms with Gasteiger partial charge in [0, 0.05) is 22.7 Å². The Bertz CT molecular complexity index is 1080. The molecule has 0 fully saturated rings. The lowest BCUT2D eigenvalue weighted by Crippen LogP contribution is -2.24. The fourth-order valence-electron chi connectivity index (χ4n) is 2.68. The van der Waals surface area contributed by atoms with Crippen LogP contribution in [0.25, 0.3) is 16.3 Å². The quantitative estimate of drug-likeness (QED) is 0.584. The third kappa shape index (κ3) is 2.95. The number of ether oxygens (including phenoxy) is 1. The fraction of sp³-hybridized carbons (Fsp3) is 0.167. The Morgan fingerprint density at radius 3 is 3.12 bits per heavy atom. The molecule has 0 aliphatic rings. The van der Waals surface area contributed by atoms with Crippen molar-refractivity contribution in [3.05, 3.63) is 59.0 Å². The number of amides is 1. The first kappa shape index (κ1) is 16.3. The molecule has 132 valence electrons. The van der Waals surface area contributed by atoms with Gasteiger partial charge in [-0.3, -0.25) is 9.20 Å². The molecule has 1 amide bonds. The number of benzene rings is 1. The average molecular weight is 368 g/mol. The van der Waals surface area contributed by atoms with Gasteiger partial charge in [-0.2, -0.15) is 0 Å². The predicted molar refractivity (Wildman–Crippen MR) is 97.5 cm³/mol. The molecule has 26 heavy (non-hydrogen) atoms. The molecule has 3 aromatic heterocycles. The van der Waals surface area contributed by atoms with Gasteiger partial charge in [-0.15, -0.1) is 11.3 Å². The molecule has 0 aliphatic heterocycles. The van der Waals surface area contributed by atoms with Crippen LogP contribution in [0.4, 0.5) is 0 Å². The summed E-state index contributed by atoms with van der Waals surface area (Å²) in [6.45, 7) is 2.21. The van der Waals surface area contributed by atoms with Gasteiger partial charge >= 0.3 is 0 Å². The van der Waals surface area contributed by atoms with Crippen LogP contribution < -0.4 is 10.1 Å². The molecule has 1 N–H and O–H groups in total. The number of carbonyl (C=O) groups is 1. The van der Waals surface area contributed by atoms with Crippen LogP contribution in [0.1, 0.15) is 21.9 Å². The number of methoxy groups -OCH3 is 1. The second-order valence-electron chi connectivity index (χ2n) is 5.74. The summed E-state index contributed by atoms with van der Waals surface area (Å²) in [5.74, 6) is 1.16. The highest BCUT2D eigenvalue weighted by Gasteiger charge is 2.15. The summed E-state index contributed by atoms with van der Waals surface area (Å²) in [6, 6.07) is 9.32. The van der Waals surface area contributed by atoms with Crippen LogP contribution in [0.5, 0.6) is 5.75 Å². The highest BCUT2D eigenvalue weighted by molar-refractivity contribution is 7.15. The summed E-state index contributed by atoms with van der Waals surface area (Å²) in [5, 5.41) is 8.85. The van der Waals surface area contributed by atoms with Crippen molar-refractivity contribution < 1.29 is 14.1 Å². The number of hydrogen-bond donors (Lipinski definition) is 1. The monoisotopic (exact) mass is 368 g/mol. The van der Waals surface area contributed by atoms with E-state index in [0.29, 0.717) is 17.1 Å². The van der Waals surface area contributed by atoms with Gasteiger partial charge in [0.05, 0.1) is 19.9 Å². The van der Waals surface area contributed by atoms with Crippen LogP contribution in [0.3, 0.4) is 0 Å².